The summed E-state index contributed by atoms with van der Waals surface area (Å²) in [5.74, 6) is -1.09. The van der Waals surface area contributed by atoms with Gasteiger partial charge in [-0.2, -0.15) is 0 Å². The second-order valence-corrected chi connectivity index (χ2v) is 15.8. The van der Waals surface area contributed by atoms with Gasteiger partial charge in [0.1, 0.15) is 12.7 Å². The molecule has 0 aliphatic carbocycles. The van der Waals surface area contributed by atoms with Gasteiger partial charge in [-0.3, -0.25) is 18.6 Å². The predicted octanol–water partition coefficient (Wildman–Crippen LogP) is 12.0. The zero-order valence-electron chi connectivity index (χ0n) is 36.4. The van der Waals surface area contributed by atoms with Crippen molar-refractivity contribution in [1.82, 2.24) is 0 Å². The highest BCUT2D eigenvalue weighted by atomic mass is 31.2. The first kappa shape index (κ1) is 55.9. The van der Waals surface area contributed by atoms with Gasteiger partial charge in [0, 0.05) is 12.8 Å². The molecule has 0 aromatic rings. The van der Waals surface area contributed by atoms with Crippen LogP contribution in [0.4, 0.5) is 0 Å². The van der Waals surface area contributed by atoms with Crippen molar-refractivity contribution in [3.8, 4) is 0 Å². The van der Waals surface area contributed by atoms with Gasteiger partial charge in [-0.15, -0.1) is 0 Å². The van der Waals surface area contributed by atoms with Crippen LogP contribution in [0.25, 0.3) is 0 Å². The fourth-order valence-corrected chi connectivity index (χ4v) is 6.07. The molecule has 0 aromatic carbocycles. The molecule has 0 rings (SSSR count). The molecular formula is C48H79O10P. The summed E-state index contributed by atoms with van der Waals surface area (Å²) < 4.78 is 32.6. The van der Waals surface area contributed by atoms with Gasteiger partial charge in [0.15, 0.2) is 6.10 Å². The molecule has 0 fully saturated rings. The van der Waals surface area contributed by atoms with E-state index in [1.165, 1.54) is 64.2 Å². The summed E-state index contributed by atoms with van der Waals surface area (Å²) in [6.45, 7) is 2.18. The van der Waals surface area contributed by atoms with E-state index in [2.05, 4.69) is 97.4 Å². The molecule has 0 spiro atoms. The first-order chi connectivity index (χ1) is 28.7. The monoisotopic (exact) mass is 847 g/mol. The molecule has 0 bridgehead atoms. The molecule has 0 saturated heterocycles. The number of phosphoric ester groups is 1. The maximum atomic E-state index is 12.6. The highest BCUT2D eigenvalue weighted by molar-refractivity contribution is 7.47. The van der Waals surface area contributed by atoms with Gasteiger partial charge >= 0.3 is 19.8 Å². The van der Waals surface area contributed by atoms with Crippen molar-refractivity contribution in [3.63, 3.8) is 0 Å². The van der Waals surface area contributed by atoms with Gasteiger partial charge in [0.25, 0.3) is 0 Å². The van der Waals surface area contributed by atoms with E-state index in [1.54, 1.807) is 0 Å². The van der Waals surface area contributed by atoms with E-state index in [0.717, 1.165) is 44.9 Å². The van der Waals surface area contributed by atoms with Crippen LogP contribution in [-0.2, 0) is 32.7 Å². The quantitative estimate of drug-likeness (QED) is 0.0235. The van der Waals surface area contributed by atoms with Crippen molar-refractivity contribution in [2.24, 2.45) is 0 Å². The maximum Gasteiger partial charge on any atom is 0.472 e. The van der Waals surface area contributed by atoms with Gasteiger partial charge in [-0.1, -0.05) is 156 Å². The lowest BCUT2D eigenvalue weighted by Gasteiger charge is -2.20. The molecule has 59 heavy (non-hydrogen) atoms. The maximum absolute atomic E-state index is 12.6. The molecule has 3 N–H and O–H groups in total. The number of unbranched alkanes of at least 4 members (excludes halogenated alkanes) is 10. The second-order valence-electron chi connectivity index (χ2n) is 14.4. The van der Waals surface area contributed by atoms with Crippen LogP contribution >= 0.6 is 7.82 Å². The number of esters is 2. The van der Waals surface area contributed by atoms with Crippen LogP contribution in [-0.4, -0.2) is 65.7 Å². The molecule has 0 heterocycles. The number of ether oxygens (including phenoxy) is 2. The third-order valence-electron chi connectivity index (χ3n) is 8.72. The molecule has 3 atom stereocenters. The summed E-state index contributed by atoms with van der Waals surface area (Å²) in [5, 5.41) is 18.3. The summed E-state index contributed by atoms with van der Waals surface area (Å²) in [4.78, 5) is 34.9. The number of hydrogen-bond acceptors (Lipinski definition) is 9. The van der Waals surface area contributed by atoms with Crippen LogP contribution in [0.15, 0.2) is 97.2 Å². The minimum Gasteiger partial charge on any atom is -0.462 e. The topological polar surface area (TPSA) is 149 Å². The summed E-state index contributed by atoms with van der Waals surface area (Å²) in [6.07, 6.45) is 52.5. The van der Waals surface area contributed by atoms with E-state index in [1.807, 2.05) is 18.2 Å². The number of carbonyl (C=O) groups excluding carboxylic acids is 2. The van der Waals surface area contributed by atoms with Crippen molar-refractivity contribution in [2.45, 2.75) is 167 Å². The van der Waals surface area contributed by atoms with Crippen LogP contribution in [0, 0.1) is 0 Å². The Hall–Kier alpha value is -3.11. The molecular weight excluding hydrogens is 767 g/mol. The molecule has 0 saturated carbocycles. The molecule has 0 radical (unpaired) electrons. The summed E-state index contributed by atoms with van der Waals surface area (Å²) in [5.41, 5.74) is 0. The molecule has 0 amide bonds. The van der Waals surface area contributed by atoms with E-state index < -0.39 is 51.8 Å². The Morgan fingerprint density at radius 3 is 1.42 bits per heavy atom. The highest BCUT2D eigenvalue weighted by Crippen LogP contribution is 2.43. The molecule has 0 aliphatic heterocycles. The predicted molar refractivity (Wildman–Crippen MR) is 242 cm³/mol. The Bertz CT molecular complexity index is 1300. The van der Waals surface area contributed by atoms with E-state index in [4.69, 9.17) is 19.1 Å². The minimum absolute atomic E-state index is 0.0447. The molecule has 0 aromatic heterocycles. The number of phosphoric acid groups is 1. The van der Waals surface area contributed by atoms with E-state index in [9.17, 15) is 24.2 Å². The van der Waals surface area contributed by atoms with Crippen molar-refractivity contribution >= 4 is 19.8 Å². The fraction of sp³-hybridized carbons (Fsp3) is 0.625. The summed E-state index contributed by atoms with van der Waals surface area (Å²) in [7, 11) is -4.66. The molecule has 11 heteroatoms. The van der Waals surface area contributed by atoms with E-state index in [-0.39, 0.29) is 19.4 Å². The van der Waals surface area contributed by atoms with Gasteiger partial charge in [-0.25, -0.2) is 4.57 Å². The molecule has 1 unspecified atom stereocenters. The third kappa shape index (κ3) is 42.8. The summed E-state index contributed by atoms with van der Waals surface area (Å²) in [6, 6.07) is 0. The molecule has 336 valence electrons. The van der Waals surface area contributed by atoms with Crippen LogP contribution in [0.3, 0.4) is 0 Å². The van der Waals surface area contributed by atoms with Crippen LogP contribution in [0.2, 0.25) is 0 Å². The van der Waals surface area contributed by atoms with E-state index >= 15 is 0 Å². The lowest BCUT2D eigenvalue weighted by atomic mass is 10.1. The number of rotatable bonds is 40. The number of allylic oxidation sites excluding steroid dienone is 16. The van der Waals surface area contributed by atoms with Gasteiger partial charge in [0.05, 0.1) is 19.8 Å². The highest BCUT2D eigenvalue weighted by Gasteiger charge is 2.27. The lowest BCUT2D eigenvalue weighted by molar-refractivity contribution is -0.161. The zero-order chi connectivity index (χ0) is 43.3. The average Bonchev–Trinajstić information content (AvgIpc) is 3.22. The van der Waals surface area contributed by atoms with E-state index in [0.29, 0.717) is 19.3 Å². The standard InChI is InChI=1S/C48H79O10P/c1-3-5-7-9-11-13-15-17-19-21-22-24-26-28-30-32-34-36-38-40-48(52)58-46(44-57-59(53,54)56-42-45(50)41-49)43-55-47(51)39-37-35-33-31-29-27-25-23-20-18-16-14-12-10-8-6-4-2/h11,13,17-20,22,24-25,27-28,30-31,33-34,36,45-46,49-50H,3-10,12,14-16,21,23,26,29,32,35,37-44H2,1-2H3,(H,53,54)/b13-11+,19-17+,20-18+,24-22+,27-25+,30-28+,33-31+,36-34+/t45-,46+/m0/s1. The first-order valence-corrected chi connectivity index (χ1v) is 23.7. The summed E-state index contributed by atoms with van der Waals surface area (Å²) >= 11 is 0. The zero-order valence-corrected chi connectivity index (χ0v) is 37.3. The van der Waals surface area contributed by atoms with Gasteiger partial charge < -0.3 is 24.6 Å². The van der Waals surface area contributed by atoms with Gasteiger partial charge in [0.2, 0.25) is 0 Å². The molecule has 10 nitrogen and oxygen atoms in total. The van der Waals surface area contributed by atoms with Crippen molar-refractivity contribution < 1.29 is 47.8 Å². The number of aliphatic hydroxyl groups excluding tert-OH is 2. The fourth-order valence-electron chi connectivity index (χ4n) is 5.28. The Morgan fingerprint density at radius 1 is 0.508 bits per heavy atom. The number of aliphatic hydroxyl groups is 2. The number of hydrogen-bond donors (Lipinski definition) is 3. The number of carbonyl (C=O) groups is 2. The Kier molecular flexibility index (Phi) is 40.7. The smallest absolute Gasteiger partial charge is 0.462 e. The lowest BCUT2D eigenvalue weighted by Crippen LogP contribution is -2.29. The molecule has 0 aliphatic rings. The Labute approximate surface area is 357 Å². The first-order valence-electron chi connectivity index (χ1n) is 22.2. The van der Waals surface area contributed by atoms with Crippen molar-refractivity contribution in [2.75, 3.05) is 26.4 Å². The normalized spacial score (nSPS) is 14.7. The third-order valence-corrected chi connectivity index (χ3v) is 9.68. The Balaban J connectivity index is 4.52. The van der Waals surface area contributed by atoms with Crippen molar-refractivity contribution in [1.29, 1.82) is 0 Å². The van der Waals surface area contributed by atoms with Crippen LogP contribution in [0.1, 0.15) is 155 Å². The van der Waals surface area contributed by atoms with Crippen LogP contribution in [0.5, 0.6) is 0 Å². The van der Waals surface area contributed by atoms with Crippen molar-refractivity contribution in [3.05, 3.63) is 97.2 Å². The SMILES string of the molecule is CCCCC/C=C/C/C=C/C/C=C/C/C=C/C/C=C/CCC(=O)O[C@H](COC(=O)CCC/C=C/C/C=C/C/C=C/CCCCCCCC)COP(=O)(O)OC[C@@H](O)CO. The Morgan fingerprint density at radius 2 is 0.915 bits per heavy atom. The largest absolute Gasteiger partial charge is 0.472 e. The van der Waals surface area contributed by atoms with Gasteiger partial charge in [-0.05, 0) is 83.5 Å². The minimum atomic E-state index is -4.66. The van der Waals surface area contributed by atoms with Crippen LogP contribution < -0.4 is 0 Å². The second kappa shape index (κ2) is 43.0. The average molecular weight is 847 g/mol.